The van der Waals surface area contributed by atoms with E-state index >= 15 is 0 Å². The Labute approximate surface area is 121 Å². The third-order valence-electron chi connectivity index (χ3n) is 3.93. The second kappa shape index (κ2) is 8.37. The zero-order chi connectivity index (χ0) is 14.2. The molecular weight excluding hydrogens is 254 g/mol. The van der Waals surface area contributed by atoms with Crippen LogP contribution in [0.4, 0.5) is 0 Å². The van der Waals surface area contributed by atoms with Crippen molar-refractivity contribution in [2.75, 3.05) is 26.8 Å². The molecule has 1 aliphatic heterocycles. The maximum atomic E-state index is 5.35. The second-order valence-corrected chi connectivity index (χ2v) is 5.73. The highest BCUT2D eigenvalue weighted by atomic mass is 16.5. The normalized spacial score (nSPS) is 21.0. The molecule has 0 unspecified atom stereocenters. The maximum Gasteiger partial charge on any atom is 0.240 e. The van der Waals surface area contributed by atoms with Gasteiger partial charge in [-0.3, -0.25) is 4.90 Å². The summed E-state index contributed by atoms with van der Waals surface area (Å²) in [5.74, 6) is 2.34. The molecule has 0 aromatic carbocycles. The van der Waals surface area contributed by atoms with Crippen molar-refractivity contribution in [3.05, 3.63) is 11.7 Å². The standard InChI is InChI=1S/C15H27N3O2/c1-3-6-14-16-15(20-17-14)12-18-9-5-4-7-13(11-18)8-10-19-2/h13H,3-12H2,1-2H3/t13-/m1/s1. The topological polar surface area (TPSA) is 51.4 Å². The fraction of sp³-hybridized carbons (Fsp3) is 0.867. The highest BCUT2D eigenvalue weighted by molar-refractivity contribution is 4.87. The monoisotopic (exact) mass is 281 g/mol. The van der Waals surface area contributed by atoms with Gasteiger partial charge in [-0.05, 0) is 38.1 Å². The van der Waals surface area contributed by atoms with Crippen molar-refractivity contribution in [1.82, 2.24) is 15.0 Å². The van der Waals surface area contributed by atoms with E-state index in [2.05, 4.69) is 22.0 Å². The molecule has 0 N–H and O–H groups in total. The first kappa shape index (κ1) is 15.4. The summed E-state index contributed by atoms with van der Waals surface area (Å²) in [7, 11) is 1.78. The Balaban J connectivity index is 1.85. The van der Waals surface area contributed by atoms with E-state index in [1.54, 1.807) is 7.11 Å². The molecule has 1 saturated heterocycles. The zero-order valence-corrected chi connectivity index (χ0v) is 12.8. The Morgan fingerprint density at radius 3 is 3.10 bits per heavy atom. The van der Waals surface area contributed by atoms with Gasteiger partial charge in [-0.25, -0.2) is 0 Å². The van der Waals surface area contributed by atoms with E-state index in [-0.39, 0.29) is 0 Å². The number of aromatic nitrogens is 2. The molecule has 1 aromatic heterocycles. The van der Waals surface area contributed by atoms with Crippen LogP contribution in [-0.2, 0) is 17.7 Å². The van der Waals surface area contributed by atoms with E-state index in [1.807, 2.05) is 0 Å². The molecule has 5 nitrogen and oxygen atoms in total. The number of hydrogen-bond acceptors (Lipinski definition) is 5. The van der Waals surface area contributed by atoms with Crippen LogP contribution in [0, 0.1) is 5.92 Å². The highest BCUT2D eigenvalue weighted by Crippen LogP contribution is 2.20. The van der Waals surface area contributed by atoms with Gasteiger partial charge in [0.15, 0.2) is 5.82 Å². The molecule has 1 fully saturated rings. The summed E-state index contributed by atoms with van der Waals surface area (Å²) in [6, 6.07) is 0. The van der Waals surface area contributed by atoms with Gasteiger partial charge in [-0.1, -0.05) is 18.5 Å². The van der Waals surface area contributed by atoms with Crippen molar-refractivity contribution >= 4 is 0 Å². The predicted octanol–water partition coefficient (Wildman–Crippen LogP) is 2.66. The van der Waals surface area contributed by atoms with E-state index in [0.29, 0.717) is 0 Å². The third kappa shape index (κ3) is 4.87. The van der Waals surface area contributed by atoms with Crippen LogP contribution in [0.1, 0.15) is 50.7 Å². The van der Waals surface area contributed by atoms with Crippen molar-refractivity contribution in [3.63, 3.8) is 0 Å². The van der Waals surface area contributed by atoms with Gasteiger partial charge >= 0.3 is 0 Å². The Morgan fingerprint density at radius 1 is 1.40 bits per heavy atom. The van der Waals surface area contributed by atoms with Gasteiger partial charge in [-0.2, -0.15) is 4.98 Å². The molecule has 0 amide bonds. The number of hydrogen-bond donors (Lipinski definition) is 0. The summed E-state index contributed by atoms with van der Waals surface area (Å²) in [4.78, 5) is 6.92. The number of ether oxygens (including phenoxy) is 1. The minimum atomic E-state index is 0.732. The lowest BCUT2D eigenvalue weighted by Gasteiger charge is -2.22. The van der Waals surface area contributed by atoms with Crippen LogP contribution >= 0.6 is 0 Å². The van der Waals surface area contributed by atoms with Crippen LogP contribution in [0.15, 0.2) is 4.52 Å². The van der Waals surface area contributed by atoms with E-state index < -0.39 is 0 Å². The van der Waals surface area contributed by atoms with Crippen LogP contribution in [0.2, 0.25) is 0 Å². The lowest BCUT2D eigenvalue weighted by atomic mass is 10.0. The summed E-state index contributed by atoms with van der Waals surface area (Å²) in [6.45, 7) is 6.04. The van der Waals surface area contributed by atoms with Gasteiger partial charge in [0.05, 0.1) is 6.54 Å². The van der Waals surface area contributed by atoms with Gasteiger partial charge in [-0.15, -0.1) is 0 Å². The summed E-state index contributed by atoms with van der Waals surface area (Å²) in [5, 5.41) is 4.03. The van der Waals surface area contributed by atoms with E-state index in [1.165, 1.54) is 19.3 Å². The Morgan fingerprint density at radius 2 is 2.30 bits per heavy atom. The molecule has 0 saturated carbocycles. The molecule has 1 aromatic rings. The first-order valence-corrected chi connectivity index (χ1v) is 7.84. The van der Waals surface area contributed by atoms with Crippen molar-refractivity contribution in [2.24, 2.45) is 5.92 Å². The zero-order valence-electron chi connectivity index (χ0n) is 12.8. The van der Waals surface area contributed by atoms with Gasteiger partial charge in [0.25, 0.3) is 0 Å². The molecule has 114 valence electrons. The van der Waals surface area contributed by atoms with Crippen LogP contribution in [0.5, 0.6) is 0 Å². The molecule has 0 spiro atoms. The lowest BCUT2D eigenvalue weighted by Crippen LogP contribution is -2.28. The smallest absolute Gasteiger partial charge is 0.240 e. The van der Waals surface area contributed by atoms with Crippen molar-refractivity contribution in [1.29, 1.82) is 0 Å². The van der Waals surface area contributed by atoms with E-state index in [4.69, 9.17) is 9.26 Å². The molecule has 5 heteroatoms. The summed E-state index contributed by atoms with van der Waals surface area (Å²) < 4.78 is 10.6. The van der Waals surface area contributed by atoms with Crippen LogP contribution < -0.4 is 0 Å². The minimum absolute atomic E-state index is 0.732. The number of aryl methyl sites for hydroxylation is 1. The lowest BCUT2D eigenvalue weighted by molar-refractivity contribution is 0.153. The van der Waals surface area contributed by atoms with Gasteiger partial charge in [0.1, 0.15) is 0 Å². The van der Waals surface area contributed by atoms with Crippen molar-refractivity contribution in [3.8, 4) is 0 Å². The Bertz CT molecular complexity index is 381. The van der Waals surface area contributed by atoms with Gasteiger partial charge in [0, 0.05) is 26.7 Å². The molecule has 2 rings (SSSR count). The van der Waals surface area contributed by atoms with Gasteiger partial charge < -0.3 is 9.26 Å². The molecule has 1 atom stereocenters. The number of likely N-dealkylation sites (tertiary alicyclic amines) is 1. The molecule has 0 aliphatic carbocycles. The fourth-order valence-electron chi connectivity index (χ4n) is 2.85. The van der Waals surface area contributed by atoms with Crippen molar-refractivity contribution in [2.45, 2.75) is 52.0 Å². The van der Waals surface area contributed by atoms with Crippen LogP contribution in [-0.4, -0.2) is 41.8 Å². The second-order valence-electron chi connectivity index (χ2n) is 5.73. The first-order valence-electron chi connectivity index (χ1n) is 7.84. The Kier molecular flexibility index (Phi) is 6.47. The SMILES string of the molecule is CCCc1noc(CN2CCCC[C@H](CCOC)C2)n1. The summed E-state index contributed by atoms with van der Waals surface area (Å²) in [6.07, 6.45) is 7.00. The number of rotatable bonds is 7. The summed E-state index contributed by atoms with van der Waals surface area (Å²) in [5.41, 5.74) is 0. The molecule has 0 radical (unpaired) electrons. The predicted molar refractivity (Wildman–Crippen MR) is 77.4 cm³/mol. The van der Waals surface area contributed by atoms with Gasteiger partial charge in [0.2, 0.25) is 5.89 Å². The molecule has 20 heavy (non-hydrogen) atoms. The fourth-order valence-corrected chi connectivity index (χ4v) is 2.85. The largest absolute Gasteiger partial charge is 0.385 e. The summed E-state index contributed by atoms with van der Waals surface area (Å²) >= 11 is 0. The third-order valence-corrected chi connectivity index (χ3v) is 3.93. The molecular formula is C15H27N3O2. The van der Waals surface area contributed by atoms with E-state index in [0.717, 1.165) is 63.1 Å². The maximum absolute atomic E-state index is 5.35. The number of methoxy groups -OCH3 is 1. The molecule has 1 aliphatic rings. The number of nitrogens with zero attached hydrogens (tertiary/aromatic N) is 3. The molecule has 0 bridgehead atoms. The van der Waals surface area contributed by atoms with E-state index in [9.17, 15) is 0 Å². The molecule has 2 heterocycles. The van der Waals surface area contributed by atoms with Crippen LogP contribution in [0.25, 0.3) is 0 Å². The quantitative estimate of drug-likeness (QED) is 0.769. The average Bonchev–Trinajstić information content (AvgIpc) is 2.75. The first-order chi connectivity index (χ1) is 9.81. The average molecular weight is 281 g/mol. The Hall–Kier alpha value is -0.940. The highest BCUT2D eigenvalue weighted by Gasteiger charge is 2.20. The van der Waals surface area contributed by atoms with Crippen LogP contribution in [0.3, 0.4) is 0 Å². The minimum Gasteiger partial charge on any atom is -0.385 e. The van der Waals surface area contributed by atoms with Crippen molar-refractivity contribution < 1.29 is 9.26 Å².